The van der Waals surface area contributed by atoms with E-state index in [9.17, 15) is 13.5 Å². The number of aliphatic hydroxyl groups is 1. The van der Waals surface area contributed by atoms with Crippen LogP contribution < -0.4 is 14.2 Å². The van der Waals surface area contributed by atoms with Crippen molar-refractivity contribution in [1.82, 2.24) is 4.72 Å². The standard InChI is InChI=1S/C19H23NO5S/c1-19(2)18(21)17(20-26(3,22)23)15-11-14(9-10-16(15)25-19)24-12-13-7-5-4-6-8-13/h4-11,17-18,20-21H,12H2,1-3H3. The molecule has 0 aromatic heterocycles. The lowest BCUT2D eigenvalue weighted by molar-refractivity contribution is -0.0603. The smallest absolute Gasteiger partial charge is 0.209 e. The van der Waals surface area contributed by atoms with Crippen LogP contribution in [0.1, 0.15) is 31.0 Å². The minimum atomic E-state index is -3.52. The van der Waals surface area contributed by atoms with Crippen molar-refractivity contribution in [2.45, 2.75) is 38.2 Å². The van der Waals surface area contributed by atoms with Gasteiger partial charge in [-0.15, -0.1) is 0 Å². The van der Waals surface area contributed by atoms with Gasteiger partial charge >= 0.3 is 0 Å². The number of benzene rings is 2. The van der Waals surface area contributed by atoms with Crippen LogP contribution in [0, 0.1) is 0 Å². The third kappa shape index (κ3) is 4.17. The number of nitrogens with one attached hydrogen (secondary N) is 1. The normalized spacial score (nSPS) is 21.5. The Morgan fingerprint density at radius 2 is 1.88 bits per heavy atom. The molecule has 2 aromatic rings. The molecule has 140 valence electrons. The molecule has 1 aliphatic rings. The van der Waals surface area contributed by atoms with Crippen LogP contribution in [0.3, 0.4) is 0 Å². The minimum Gasteiger partial charge on any atom is -0.489 e. The number of hydrogen-bond acceptors (Lipinski definition) is 5. The monoisotopic (exact) mass is 377 g/mol. The summed E-state index contributed by atoms with van der Waals surface area (Å²) in [7, 11) is -3.52. The maximum absolute atomic E-state index is 11.8. The molecule has 2 aromatic carbocycles. The Labute approximate surface area is 153 Å². The van der Waals surface area contributed by atoms with Gasteiger partial charge in [-0.05, 0) is 37.6 Å². The summed E-state index contributed by atoms with van der Waals surface area (Å²) in [4.78, 5) is 0. The number of rotatable bonds is 5. The molecule has 0 aliphatic carbocycles. The molecular weight excluding hydrogens is 354 g/mol. The van der Waals surface area contributed by atoms with E-state index in [2.05, 4.69) is 4.72 Å². The maximum atomic E-state index is 11.8. The third-order valence-electron chi connectivity index (χ3n) is 4.31. The van der Waals surface area contributed by atoms with E-state index in [0.29, 0.717) is 23.7 Å². The Kier molecular flexibility index (Phi) is 4.96. The molecule has 0 saturated heterocycles. The van der Waals surface area contributed by atoms with Gasteiger partial charge < -0.3 is 14.6 Å². The molecule has 0 spiro atoms. The summed E-state index contributed by atoms with van der Waals surface area (Å²) in [5, 5.41) is 10.6. The van der Waals surface area contributed by atoms with Gasteiger partial charge in [0.25, 0.3) is 0 Å². The van der Waals surface area contributed by atoms with Gasteiger partial charge in [0.15, 0.2) is 0 Å². The highest BCUT2D eigenvalue weighted by Crippen LogP contribution is 2.41. The molecule has 0 saturated carbocycles. The quantitative estimate of drug-likeness (QED) is 0.836. The van der Waals surface area contributed by atoms with Crippen LogP contribution >= 0.6 is 0 Å². The number of ether oxygens (including phenoxy) is 2. The first kappa shape index (κ1) is 18.7. The van der Waals surface area contributed by atoms with Gasteiger partial charge in [-0.1, -0.05) is 30.3 Å². The second-order valence-electron chi connectivity index (χ2n) is 6.99. The largest absolute Gasteiger partial charge is 0.489 e. The fraction of sp³-hybridized carbons (Fsp3) is 0.368. The SMILES string of the molecule is CC1(C)Oc2ccc(OCc3ccccc3)cc2C(NS(C)(=O)=O)C1O. The molecule has 26 heavy (non-hydrogen) atoms. The average Bonchev–Trinajstić information content (AvgIpc) is 2.57. The van der Waals surface area contributed by atoms with Crippen LogP contribution in [0.4, 0.5) is 0 Å². The fourth-order valence-corrected chi connectivity index (χ4v) is 3.68. The van der Waals surface area contributed by atoms with Gasteiger partial charge in [0, 0.05) is 5.56 Å². The number of hydrogen-bond donors (Lipinski definition) is 2. The second-order valence-corrected chi connectivity index (χ2v) is 8.77. The third-order valence-corrected chi connectivity index (χ3v) is 4.99. The lowest BCUT2D eigenvalue weighted by Crippen LogP contribution is -2.53. The number of aliphatic hydroxyl groups excluding tert-OH is 1. The van der Waals surface area contributed by atoms with Gasteiger partial charge in [-0.25, -0.2) is 13.1 Å². The van der Waals surface area contributed by atoms with Crippen molar-refractivity contribution in [3.63, 3.8) is 0 Å². The van der Waals surface area contributed by atoms with E-state index in [-0.39, 0.29) is 0 Å². The zero-order valence-electron chi connectivity index (χ0n) is 15.0. The molecule has 3 rings (SSSR count). The van der Waals surface area contributed by atoms with Gasteiger partial charge in [0.1, 0.15) is 29.8 Å². The van der Waals surface area contributed by atoms with Crippen molar-refractivity contribution in [2.24, 2.45) is 0 Å². The average molecular weight is 377 g/mol. The zero-order chi connectivity index (χ0) is 18.9. The first-order valence-corrected chi connectivity index (χ1v) is 10.2. The summed E-state index contributed by atoms with van der Waals surface area (Å²) < 4.78 is 37.7. The Morgan fingerprint density at radius 1 is 1.19 bits per heavy atom. The Morgan fingerprint density at radius 3 is 2.54 bits per heavy atom. The highest BCUT2D eigenvalue weighted by molar-refractivity contribution is 7.88. The highest BCUT2D eigenvalue weighted by Gasteiger charge is 2.44. The van der Waals surface area contributed by atoms with Crippen LogP contribution in [0.15, 0.2) is 48.5 Å². The second kappa shape index (κ2) is 6.90. The Bertz CT molecular complexity index is 880. The van der Waals surface area contributed by atoms with Gasteiger partial charge in [0.2, 0.25) is 10.0 Å². The Hall–Kier alpha value is -2.09. The van der Waals surface area contributed by atoms with Crippen LogP contribution in [-0.4, -0.2) is 31.5 Å². The van der Waals surface area contributed by atoms with Crippen molar-refractivity contribution >= 4 is 10.0 Å². The van der Waals surface area contributed by atoms with E-state index in [4.69, 9.17) is 9.47 Å². The molecular formula is C19H23NO5S. The fourth-order valence-electron chi connectivity index (χ4n) is 2.97. The number of fused-ring (bicyclic) bond motifs is 1. The van der Waals surface area contributed by atoms with E-state index >= 15 is 0 Å². The lowest BCUT2D eigenvalue weighted by Gasteiger charge is -2.42. The molecule has 2 N–H and O–H groups in total. The summed E-state index contributed by atoms with van der Waals surface area (Å²) >= 11 is 0. The summed E-state index contributed by atoms with van der Waals surface area (Å²) in [6.45, 7) is 3.83. The van der Waals surface area contributed by atoms with E-state index in [1.807, 2.05) is 30.3 Å². The molecule has 7 heteroatoms. The predicted molar refractivity (Wildman–Crippen MR) is 98.7 cm³/mol. The number of sulfonamides is 1. The molecule has 1 aliphatic heterocycles. The van der Waals surface area contributed by atoms with Crippen LogP contribution in [0.25, 0.3) is 0 Å². The minimum absolute atomic E-state index is 0.388. The van der Waals surface area contributed by atoms with Crippen molar-refractivity contribution < 1.29 is 23.0 Å². The highest BCUT2D eigenvalue weighted by atomic mass is 32.2. The van der Waals surface area contributed by atoms with E-state index in [1.54, 1.807) is 32.0 Å². The first-order valence-electron chi connectivity index (χ1n) is 8.31. The van der Waals surface area contributed by atoms with Gasteiger partial charge in [-0.3, -0.25) is 0 Å². The van der Waals surface area contributed by atoms with Crippen molar-refractivity contribution in [1.29, 1.82) is 0 Å². The molecule has 0 bridgehead atoms. The van der Waals surface area contributed by atoms with Gasteiger partial charge in [-0.2, -0.15) is 0 Å². The maximum Gasteiger partial charge on any atom is 0.209 e. The zero-order valence-corrected chi connectivity index (χ0v) is 15.8. The summed E-state index contributed by atoms with van der Waals surface area (Å²) in [6.07, 6.45) is 0.0199. The molecule has 0 radical (unpaired) electrons. The van der Waals surface area contributed by atoms with E-state index < -0.39 is 27.8 Å². The molecule has 0 fully saturated rings. The Balaban J connectivity index is 1.90. The van der Waals surface area contributed by atoms with Crippen LogP contribution in [0.5, 0.6) is 11.5 Å². The molecule has 2 atom stereocenters. The molecule has 6 nitrogen and oxygen atoms in total. The predicted octanol–water partition coefficient (Wildman–Crippen LogP) is 2.39. The lowest BCUT2D eigenvalue weighted by atomic mass is 9.87. The van der Waals surface area contributed by atoms with Crippen LogP contribution in [-0.2, 0) is 16.6 Å². The van der Waals surface area contributed by atoms with E-state index in [0.717, 1.165) is 11.8 Å². The first-order chi connectivity index (χ1) is 12.2. The van der Waals surface area contributed by atoms with Crippen molar-refractivity contribution in [3.05, 3.63) is 59.7 Å². The van der Waals surface area contributed by atoms with E-state index in [1.165, 1.54) is 0 Å². The van der Waals surface area contributed by atoms with Crippen LogP contribution in [0.2, 0.25) is 0 Å². The molecule has 0 amide bonds. The summed E-state index contributed by atoms with van der Waals surface area (Å²) in [5.74, 6) is 1.09. The summed E-state index contributed by atoms with van der Waals surface area (Å²) in [5.41, 5.74) is 0.642. The summed E-state index contributed by atoms with van der Waals surface area (Å²) in [6, 6.07) is 14.1. The molecule has 1 heterocycles. The molecule has 2 unspecified atom stereocenters. The van der Waals surface area contributed by atoms with Crippen molar-refractivity contribution in [3.8, 4) is 11.5 Å². The van der Waals surface area contributed by atoms with Gasteiger partial charge in [0.05, 0.1) is 12.3 Å². The van der Waals surface area contributed by atoms with Crippen molar-refractivity contribution in [2.75, 3.05) is 6.26 Å². The topological polar surface area (TPSA) is 84.9 Å².